The second-order valence-electron chi connectivity index (χ2n) is 5.64. The first-order valence-corrected chi connectivity index (χ1v) is 7.23. The minimum Gasteiger partial charge on any atom is -0.497 e. The van der Waals surface area contributed by atoms with Crippen molar-refractivity contribution >= 4 is 5.91 Å². The zero-order valence-electron chi connectivity index (χ0n) is 12.7. The third-order valence-electron chi connectivity index (χ3n) is 3.84. The van der Waals surface area contributed by atoms with Gasteiger partial charge in [-0.2, -0.15) is 0 Å². The molecule has 4 nitrogen and oxygen atoms in total. The third kappa shape index (κ3) is 3.12. The van der Waals surface area contributed by atoms with E-state index in [-0.39, 0.29) is 18.0 Å². The lowest BCUT2D eigenvalue weighted by Crippen LogP contribution is -2.42. The lowest BCUT2D eigenvalue weighted by molar-refractivity contribution is -0.131. The molecule has 0 aromatic heterocycles. The maximum Gasteiger partial charge on any atom is 0.240 e. The SMILES string of the molecule is COc1ccc(C(C)N2CCC(NC(C)C)C2=O)cc1. The van der Waals surface area contributed by atoms with E-state index in [0.29, 0.717) is 6.04 Å². The Morgan fingerprint density at radius 2 is 1.90 bits per heavy atom. The van der Waals surface area contributed by atoms with E-state index in [1.165, 1.54) is 0 Å². The quantitative estimate of drug-likeness (QED) is 0.897. The van der Waals surface area contributed by atoms with E-state index < -0.39 is 0 Å². The summed E-state index contributed by atoms with van der Waals surface area (Å²) in [5.74, 6) is 1.05. The summed E-state index contributed by atoms with van der Waals surface area (Å²) in [6.45, 7) is 7.04. The summed E-state index contributed by atoms with van der Waals surface area (Å²) in [6.07, 6.45) is 0.886. The summed E-state index contributed by atoms with van der Waals surface area (Å²) in [6, 6.07) is 8.34. The van der Waals surface area contributed by atoms with Crippen molar-refractivity contribution in [2.24, 2.45) is 0 Å². The van der Waals surface area contributed by atoms with Crippen molar-refractivity contribution in [3.8, 4) is 5.75 Å². The van der Waals surface area contributed by atoms with E-state index in [0.717, 1.165) is 24.3 Å². The van der Waals surface area contributed by atoms with Gasteiger partial charge in [-0.15, -0.1) is 0 Å². The van der Waals surface area contributed by atoms with Crippen LogP contribution in [0.4, 0.5) is 0 Å². The van der Waals surface area contributed by atoms with Gasteiger partial charge in [0.05, 0.1) is 19.2 Å². The molecule has 2 atom stereocenters. The second-order valence-corrected chi connectivity index (χ2v) is 5.64. The van der Waals surface area contributed by atoms with Crippen molar-refractivity contribution in [3.63, 3.8) is 0 Å². The first-order valence-electron chi connectivity index (χ1n) is 7.23. The minimum absolute atomic E-state index is 0.0318. The topological polar surface area (TPSA) is 41.6 Å². The van der Waals surface area contributed by atoms with E-state index in [9.17, 15) is 4.79 Å². The lowest BCUT2D eigenvalue weighted by Gasteiger charge is -2.25. The highest BCUT2D eigenvalue weighted by atomic mass is 16.5. The number of amides is 1. The Morgan fingerprint density at radius 3 is 2.45 bits per heavy atom. The Morgan fingerprint density at radius 1 is 1.25 bits per heavy atom. The zero-order valence-corrected chi connectivity index (χ0v) is 12.7. The molecule has 1 aliphatic rings. The van der Waals surface area contributed by atoms with Gasteiger partial charge in [-0.25, -0.2) is 0 Å². The van der Waals surface area contributed by atoms with E-state index in [2.05, 4.69) is 26.1 Å². The molecule has 4 heteroatoms. The van der Waals surface area contributed by atoms with Crippen LogP contribution >= 0.6 is 0 Å². The molecular weight excluding hydrogens is 252 g/mol. The predicted octanol–water partition coefficient (Wildman–Crippen LogP) is 2.36. The Labute approximate surface area is 121 Å². The summed E-state index contributed by atoms with van der Waals surface area (Å²) in [5.41, 5.74) is 1.14. The van der Waals surface area contributed by atoms with E-state index in [1.807, 2.05) is 29.2 Å². The van der Waals surface area contributed by atoms with Crippen LogP contribution in [0, 0.1) is 0 Å². The number of ether oxygens (including phenoxy) is 1. The Balaban J connectivity index is 2.05. The molecular formula is C16H24N2O2. The average molecular weight is 276 g/mol. The molecule has 0 saturated carbocycles. The summed E-state index contributed by atoms with van der Waals surface area (Å²) in [4.78, 5) is 14.4. The zero-order chi connectivity index (χ0) is 14.7. The predicted molar refractivity (Wildman–Crippen MR) is 79.8 cm³/mol. The van der Waals surface area contributed by atoms with Crippen molar-refractivity contribution in [2.75, 3.05) is 13.7 Å². The van der Waals surface area contributed by atoms with Crippen molar-refractivity contribution in [2.45, 2.75) is 45.3 Å². The van der Waals surface area contributed by atoms with Gasteiger partial charge in [-0.3, -0.25) is 4.79 Å². The molecule has 1 heterocycles. The molecule has 1 aromatic rings. The van der Waals surface area contributed by atoms with Gasteiger partial charge in [0, 0.05) is 12.6 Å². The van der Waals surface area contributed by atoms with Crippen LogP contribution in [0.1, 0.15) is 38.8 Å². The van der Waals surface area contributed by atoms with Gasteiger partial charge in [-0.1, -0.05) is 26.0 Å². The normalized spacial score (nSPS) is 20.6. The first kappa shape index (κ1) is 14.9. The minimum atomic E-state index is -0.0318. The van der Waals surface area contributed by atoms with E-state index in [4.69, 9.17) is 4.74 Å². The highest BCUT2D eigenvalue weighted by molar-refractivity contribution is 5.84. The summed E-state index contributed by atoms with van der Waals surface area (Å²) in [7, 11) is 1.66. The molecule has 2 unspecified atom stereocenters. The van der Waals surface area contributed by atoms with E-state index in [1.54, 1.807) is 7.11 Å². The highest BCUT2D eigenvalue weighted by Crippen LogP contribution is 2.27. The van der Waals surface area contributed by atoms with E-state index >= 15 is 0 Å². The van der Waals surface area contributed by atoms with Gasteiger partial charge < -0.3 is 15.0 Å². The largest absolute Gasteiger partial charge is 0.497 e. The van der Waals surface area contributed by atoms with Crippen LogP contribution in [0.3, 0.4) is 0 Å². The fourth-order valence-corrected chi connectivity index (χ4v) is 2.71. The molecule has 1 N–H and O–H groups in total. The molecule has 1 amide bonds. The number of likely N-dealkylation sites (tertiary alicyclic amines) is 1. The van der Waals surface area contributed by atoms with Gasteiger partial charge in [0.25, 0.3) is 0 Å². The number of hydrogen-bond donors (Lipinski definition) is 1. The second kappa shape index (κ2) is 6.27. The van der Waals surface area contributed by atoms with Gasteiger partial charge in [0.2, 0.25) is 5.91 Å². The number of nitrogens with one attached hydrogen (secondary N) is 1. The fraction of sp³-hybridized carbons (Fsp3) is 0.562. The monoisotopic (exact) mass is 276 g/mol. The maximum atomic E-state index is 12.4. The Hall–Kier alpha value is -1.55. The van der Waals surface area contributed by atoms with Crippen molar-refractivity contribution < 1.29 is 9.53 Å². The fourth-order valence-electron chi connectivity index (χ4n) is 2.71. The lowest BCUT2D eigenvalue weighted by atomic mass is 10.1. The van der Waals surface area contributed by atoms with Crippen LogP contribution in [0.25, 0.3) is 0 Å². The number of carbonyl (C=O) groups excluding carboxylic acids is 1. The number of methoxy groups -OCH3 is 1. The van der Waals surface area contributed by atoms with Crippen LogP contribution in [0.2, 0.25) is 0 Å². The molecule has 110 valence electrons. The van der Waals surface area contributed by atoms with Crippen LogP contribution in [-0.4, -0.2) is 36.5 Å². The Kier molecular flexibility index (Phi) is 4.65. The van der Waals surface area contributed by atoms with Crippen LogP contribution < -0.4 is 10.1 Å². The number of rotatable bonds is 5. The number of benzene rings is 1. The van der Waals surface area contributed by atoms with Crippen LogP contribution in [-0.2, 0) is 4.79 Å². The smallest absolute Gasteiger partial charge is 0.240 e. The summed E-state index contributed by atoms with van der Waals surface area (Å²) in [5, 5.41) is 3.33. The highest BCUT2D eigenvalue weighted by Gasteiger charge is 2.34. The molecule has 0 spiro atoms. The van der Waals surface area contributed by atoms with Gasteiger partial charge in [0.15, 0.2) is 0 Å². The first-order chi connectivity index (χ1) is 9.52. The van der Waals surface area contributed by atoms with Crippen molar-refractivity contribution in [1.82, 2.24) is 10.2 Å². The molecule has 2 rings (SSSR count). The van der Waals surface area contributed by atoms with Gasteiger partial charge >= 0.3 is 0 Å². The molecule has 1 aliphatic heterocycles. The van der Waals surface area contributed by atoms with Gasteiger partial charge in [-0.05, 0) is 31.0 Å². The van der Waals surface area contributed by atoms with Crippen molar-refractivity contribution in [3.05, 3.63) is 29.8 Å². The van der Waals surface area contributed by atoms with Crippen LogP contribution in [0.15, 0.2) is 24.3 Å². The summed E-state index contributed by atoms with van der Waals surface area (Å²) >= 11 is 0. The van der Waals surface area contributed by atoms with Crippen LogP contribution in [0.5, 0.6) is 5.75 Å². The molecule has 1 saturated heterocycles. The number of carbonyl (C=O) groups is 1. The molecule has 0 radical (unpaired) electrons. The molecule has 0 aliphatic carbocycles. The maximum absolute atomic E-state index is 12.4. The average Bonchev–Trinajstić information content (AvgIpc) is 2.79. The molecule has 1 aromatic carbocycles. The standard InChI is InChI=1S/C16H24N2O2/c1-11(2)17-15-9-10-18(16(15)19)12(3)13-5-7-14(20-4)8-6-13/h5-8,11-12,15,17H,9-10H2,1-4H3. The van der Waals surface area contributed by atoms with Gasteiger partial charge in [0.1, 0.15) is 5.75 Å². The Bertz CT molecular complexity index is 456. The van der Waals surface area contributed by atoms with Crippen molar-refractivity contribution in [1.29, 1.82) is 0 Å². The molecule has 0 bridgehead atoms. The number of hydrogen-bond acceptors (Lipinski definition) is 3. The third-order valence-corrected chi connectivity index (χ3v) is 3.84. The molecule has 1 fully saturated rings. The number of nitrogens with zero attached hydrogens (tertiary/aromatic N) is 1. The molecule has 20 heavy (non-hydrogen) atoms. The summed E-state index contributed by atoms with van der Waals surface area (Å²) < 4.78 is 5.17.